The van der Waals surface area contributed by atoms with E-state index in [0.29, 0.717) is 23.6 Å². The van der Waals surface area contributed by atoms with E-state index in [4.69, 9.17) is 22.1 Å². The van der Waals surface area contributed by atoms with E-state index in [0.717, 1.165) is 17.0 Å². The lowest BCUT2D eigenvalue weighted by atomic mass is 9.92. The molecule has 1 fully saturated rings. The van der Waals surface area contributed by atoms with Gasteiger partial charge < -0.3 is 15.8 Å². The van der Waals surface area contributed by atoms with Gasteiger partial charge in [0.15, 0.2) is 5.96 Å². The molecule has 0 radical (unpaired) electrons. The quantitative estimate of drug-likeness (QED) is 0.806. The van der Waals surface area contributed by atoms with Crippen molar-refractivity contribution < 1.29 is 13.9 Å². The second kappa shape index (κ2) is 5.86. The summed E-state index contributed by atoms with van der Waals surface area (Å²) in [5.41, 5.74) is 6.29. The van der Waals surface area contributed by atoms with E-state index >= 15 is 0 Å². The number of carbonyl (C=O) groups is 1. The molecule has 1 aliphatic carbocycles. The number of benzene rings is 2. The normalized spacial score (nSPS) is 29.7. The number of ether oxygens (including phenoxy) is 1. The van der Waals surface area contributed by atoms with Crippen LogP contribution in [0.3, 0.4) is 0 Å². The summed E-state index contributed by atoms with van der Waals surface area (Å²) in [5, 5.41) is 4.01. The lowest BCUT2D eigenvalue weighted by Crippen LogP contribution is -2.48. The second-order valence-corrected chi connectivity index (χ2v) is 8.52. The highest BCUT2D eigenvalue weighted by molar-refractivity contribution is 6.30. The van der Waals surface area contributed by atoms with Crippen molar-refractivity contribution in [3.63, 3.8) is 0 Å². The Morgan fingerprint density at radius 1 is 1.34 bits per heavy atom. The Labute approximate surface area is 172 Å². The molecule has 29 heavy (non-hydrogen) atoms. The fourth-order valence-electron chi connectivity index (χ4n) is 4.52. The number of amides is 1. The number of halogens is 2. The number of hydrogen-bond acceptors (Lipinski definition) is 5. The summed E-state index contributed by atoms with van der Waals surface area (Å²) in [6, 6.07) is 10.2. The first-order chi connectivity index (χ1) is 13.7. The summed E-state index contributed by atoms with van der Waals surface area (Å²) in [7, 11) is 1.59. The van der Waals surface area contributed by atoms with Crippen LogP contribution in [0.4, 0.5) is 10.1 Å². The summed E-state index contributed by atoms with van der Waals surface area (Å²) in [6.07, 6.45) is 0.429. The molecule has 0 saturated heterocycles. The Bertz CT molecular complexity index is 1090. The molecule has 1 saturated carbocycles. The van der Waals surface area contributed by atoms with Crippen molar-refractivity contribution in [1.82, 2.24) is 4.90 Å². The maximum Gasteiger partial charge on any atom is 0.237 e. The lowest BCUT2D eigenvalue weighted by molar-refractivity contribution is -0.132. The Hall–Kier alpha value is -2.80. The van der Waals surface area contributed by atoms with Gasteiger partial charge in [-0.3, -0.25) is 9.69 Å². The molecule has 6 nitrogen and oxygen atoms in total. The molecule has 3 atom stereocenters. The van der Waals surface area contributed by atoms with Crippen LogP contribution in [0.15, 0.2) is 41.4 Å². The van der Waals surface area contributed by atoms with Crippen LogP contribution in [0.1, 0.15) is 30.5 Å². The van der Waals surface area contributed by atoms with Crippen LogP contribution in [0, 0.1) is 11.2 Å². The van der Waals surface area contributed by atoms with Gasteiger partial charge in [-0.1, -0.05) is 17.7 Å². The highest BCUT2D eigenvalue weighted by Crippen LogP contribution is 2.68. The molecular formula is C21H20ClFN4O2. The second-order valence-electron chi connectivity index (χ2n) is 8.09. The number of aliphatic imine (C=N–C) groups is 1. The number of rotatable bonds is 3. The molecule has 2 aromatic rings. The topological polar surface area (TPSA) is 80.0 Å². The maximum absolute atomic E-state index is 14.8. The average molecular weight is 415 g/mol. The Balaban J connectivity index is 1.50. The lowest BCUT2D eigenvalue weighted by Gasteiger charge is -2.30. The molecule has 2 aliphatic heterocycles. The minimum atomic E-state index is -0.958. The largest absolute Gasteiger partial charge is 0.491 e. The third kappa shape index (κ3) is 2.46. The number of guanidine groups is 1. The van der Waals surface area contributed by atoms with Gasteiger partial charge in [0.2, 0.25) is 5.91 Å². The molecule has 150 valence electrons. The van der Waals surface area contributed by atoms with Gasteiger partial charge in [0, 0.05) is 28.9 Å². The summed E-state index contributed by atoms with van der Waals surface area (Å²) in [4.78, 5) is 18.6. The Kier molecular flexibility index (Phi) is 3.68. The zero-order valence-electron chi connectivity index (χ0n) is 16.0. The van der Waals surface area contributed by atoms with Gasteiger partial charge in [-0.15, -0.1) is 0 Å². The molecule has 2 aromatic carbocycles. The molecule has 3 aliphatic rings. The van der Waals surface area contributed by atoms with Crippen molar-refractivity contribution in [1.29, 1.82) is 0 Å². The molecule has 5 rings (SSSR count). The molecule has 2 unspecified atom stereocenters. The SMILES string of the molecule is CN1C(=O)C2(C)C[C@]2(c2cc(NC3COc4cc(Cl)ccc43)ccc2F)N=C1N. The van der Waals surface area contributed by atoms with Crippen molar-refractivity contribution in [3.05, 3.63) is 58.4 Å². The zero-order chi connectivity index (χ0) is 20.6. The average Bonchev–Trinajstić information content (AvgIpc) is 3.12. The van der Waals surface area contributed by atoms with Crippen LogP contribution in [0.5, 0.6) is 5.75 Å². The van der Waals surface area contributed by atoms with Crippen LogP contribution in [-0.2, 0) is 10.3 Å². The standard InChI is InChI=1S/C21H20ClFN4O2/c1-20-10-21(20,26-19(24)27(2)18(20)28)14-8-12(4-6-15(14)23)25-16-9-29-17-7-11(22)3-5-13(16)17/h3-8,16,25H,9-10H2,1-2H3,(H2,24,26)/t16?,20?,21-/m1/s1. The summed E-state index contributed by atoms with van der Waals surface area (Å²) in [6.45, 7) is 2.26. The highest BCUT2D eigenvalue weighted by Gasteiger charge is 2.74. The first kappa shape index (κ1) is 18.2. The number of nitrogens with zero attached hydrogens (tertiary/aromatic N) is 2. The van der Waals surface area contributed by atoms with E-state index in [1.165, 1.54) is 11.0 Å². The molecule has 1 amide bonds. The number of carbonyl (C=O) groups excluding carboxylic acids is 1. The van der Waals surface area contributed by atoms with Gasteiger partial charge in [0.25, 0.3) is 0 Å². The Morgan fingerprint density at radius 3 is 2.93 bits per heavy atom. The number of fused-ring (bicyclic) bond motifs is 2. The van der Waals surface area contributed by atoms with Gasteiger partial charge in [0.1, 0.15) is 23.7 Å². The molecular weight excluding hydrogens is 395 g/mol. The highest BCUT2D eigenvalue weighted by atomic mass is 35.5. The van der Waals surface area contributed by atoms with Crippen molar-refractivity contribution in [2.24, 2.45) is 16.1 Å². The fourth-order valence-corrected chi connectivity index (χ4v) is 4.68. The third-order valence-electron chi connectivity index (χ3n) is 6.33. The van der Waals surface area contributed by atoms with Crippen molar-refractivity contribution in [2.45, 2.75) is 24.9 Å². The van der Waals surface area contributed by atoms with Crippen LogP contribution in [0.25, 0.3) is 0 Å². The molecule has 3 N–H and O–H groups in total. The number of nitrogens with one attached hydrogen (secondary N) is 1. The van der Waals surface area contributed by atoms with Crippen LogP contribution in [-0.4, -0.2) is 30.4 Å². The Morgan fingerprint density at radius 2 is 2.14 bits per heavy atom. The predicted octanol–water partition coefficient (Wildman–Crippen LogP) is 3.42. The minimum absolute atomic E-state index is 0.0867. The van der Waals surface area contributed by atoms with Gasteiger partial charge in [0.05, 0.1) is 11.5 Å². The summed E-state index contributed by atoms with van der Waals surface area (Å²) < 4.78 is 20.6. The van der Waals surface area contributed by atoms with Gasteiger partial charge in [-0.25, -0.2) is 9.38 Å². The molecule has 8 heteroatoms. The summed E-state index contributed by atoms with van der Waals surface area (Å²) >= 11 is 6.03. The predicted molar refractivity (Wildman–Crippen MR) is 109 cm³/mol. The van der Waals surface area contributed by atoms with Gasteiger partial charge in [-0.2, -0.15) is 0 Å². The fraction of sp³-hybridized carbons (Fsp3) is 0.333. The van der Waals surface area contributed by atoms with Crippen molar-refractivity contribution >= 4 is 29.2 Å². The monoisotopic (exact) mass is 414 g/mol. The zero-order valence-corrected chi connectivity index (χ0v) is 16.8. The molecule has 0 aromatic heterocycles. The first-order valence-corrected chi connectivity index (χ1v) is 9.75. The van der Waals surface area contributed by atoms with Crippen LogP contribution in [0.2, 0.25) is 5.02 Å². The van der Waals surface area contributed by atoms with Gasteiger partial charge in [-0.05, 0) is 43.7 Å². The van der Waals surface area contributed by atoms with E-state index in [1.54, 1.807) is 25.2 Å². The molecule has 2 heterocycles. The maximum atomic E-state index is 14.8. The molecule has 0 spiro atoms. The number of anilines is 1. The van der Waals surface area contributed by atoms with E-state index < -0.39 is 16.8 Å². The van der Waals surface area contributed by atoms with E-state index in [1.807, 2.05) is 19.1 Å². The van der Waals surface area contributed by atoms with Crippen molar-refractivity contribution in [2.75, 3.05) is 19.0 Å². The summed E-state index contributed by atoms with van der Waals surface area (Å²) in [5.74, 6) is 0.308. The van der Waals surface area contributed by atoms with E-state index in [2.05, 4.69) is 10.3 Å². The first-order valence-electron chi connectivity index (χ1n) is 9.37. The van der Waals surface area contributed by atoms with Crippen LogP contribution < -0.4 is 15.8 Å². The smallest absolute Gasteiger partial charge is 0.237 e. The van der Waals surface area contributed by atoms with Crippen LogP contribution >= 0.6 is 11.6 Å². The van der Waals surface area contributed by atoms with E-state index in [-0.39, 0.29) is 17.9 Å². The minimum Gasteiger partial charge on any atom is -0.491 e. The number of nitrogens with two attached hydrogens (primary N) is 1. The third-order valence-corrected chi connectivity index (χ3v) is 6.57. The molecule has 0 bridgehead atoms. The number of hydrogen-bond donors (Lipinski definition) is 2. The van der Waals surface area contributed by atoms with Gasteiger partial charge >= 0.3 is 0 Å². The van der Waals surface area contributed by atoms with E-state index in [9.17, 15) is 9.18 Å². The van der Waals surface area contributed by atoms with Crippen molar-refractivity contribution in [3.8, 4) is 5.75 Å².